The summed E-state index contributed by atoms with van der Waals surface area (Å²) in [6, 6.07) is 7.91. The number of halogens is 2. The van der Waals surface area contributed by atoms with E-state index in [-0.39, 0.29) is 13.1 Å². The first-order valence-corrected chi connectivity index (χ1v) is 12.2. The van der Waals surface area contributed by atoms with Crippen molar-refractivity contribution in [2.75, 3.05) is 58.9 Å². The van der Waals surface area contributed by atoms with Crippen molar-refractivity contribution in [2.45, 2.75) is 12.5 Å². The molecule has 0 radical (unpaired) electrons. The van der Waals surface area contributed by atoms with Crippen LogP contribution in [-0.2, 0) is 19.6 Å². The van der Waals surface area contributed by atoms with Crippen LogP contribution in [0.5, 0.6) is 5.75 Å². The number of benzene rings is 1. The van der Waals surface area contributed by atoms with E-state index >= 15 is 0 Å². The topological polar surface area (TPSA) is 80.4 Å². The van der Waals surface area contributed by atoms with Crippen LogP contribution in [0, 0.1) is 0 Å². The van der Waals surface area contributed by atoms with Crippen LogP contribution in [0.1, 0.15) is 5.56 Å². The van der Waals surface area contributed by atoms with Crippen LogP contribution in [0.15, 0.2) is 24.3 Å². The Morgan fingerprint density at radius 3 is 1.92 bits per heavy atom. The summed E-state index contributed by atoms with van der Waals surface area (Å²) in [5, 5.41) is 27.3. The summed E-state index contributed by atoms with van der Waals surface area (Å²) in [5.41, 5.74) is 1.00. The number of aromatic hydroxyl groups is 1. The third-order valence-electron chi connectivity index (χ3n) is 4.02. The van der Waals surface area contributed by atoms with Crippen molar-refractivity contribution >= 4 is 20.2 Å². The number of hydrogen-bond donors (Lipinski definition) is 6. The molecule has 1 aromatic rings. The Labute approximate surface area is 171 Å². The molecule has 1 aliphatic rings. The van der Waals surface area contributed by atoms with E-state index in [2.05, 4.69) is 26.6 Å². The van der Waals surface area contributed by atoms with Gasteiger partial charge in [0.15, 0.2) is 0 Å². The Morgan fingerprint density at radius 1 is 0.846 bits per heavy atom. The van der Waals surface area contributed by atoms with Crippen LogP contribution in [-0.4, -0.2) is 70.1 Å². The number of hydrogen-bond acceptors (Lipinski definition) is 6. The molecule has 6 nitrogen and oxygen atoms in total. The summed E-state index contributed by atoms with van der Waals surface area (Å²) in [7, 11) is 9.59. The van der Waals surface area contributed by atoms with E-state index in [9.17, 15) is 5.11 Å². The molecule has 0 aliphatic carbocycles. The molecular formula is C17H31Cl2MnN5O. The summed E-state index contributed by atoms with van der Waals surface area (Å²) in [6.45, 7) is 8.71. The number of phenolic OH excluding ortho intramolecular Hbond substituents is 1. The van der Waals surface area contributed by atoms with Gasteiger partial charge in [-0.25, -0.2) is 0 Å². The summed E-state index contributed by atoms with van der Waals surface area (Å²) in [6.07, 6.45) is 0.828. The van der Waals surface area contributed by atoms with Crippen molar-refractivity contribution in [1.29, 1.82) is 0 Å². The van der Waals surface area contributed by atoms with Crippen LogP contribution in [0.2, 0.25) is 0 Å². The monoisotopic (exact) mass is 446 g/mol. The average Bonchev–Trinajstić information content (AvgIpc) is 2.64. The van der Waals surface area contributed by atoms with Gasteiger partial charge in [-0.15, -0.1) is 0 Å². The summed E-state index contributed by atoms with van der Waals surface area (Å²) >= 11 is 0.00694. The van der Waals surface area contributed by atoms with Crippen LogP contribution in [0.25, 0.3) is 0 Å². The molecule has 1 unspecified atom stereocenters. The van der Waals surface area contributed by atoms with Gasteiger partial charge in [0.2, 0.25) is 0 Å². The molecule has 6 N–H and O–H groups in total. The molecule has 0 aromatic heterocycles. The molecule has 151 valence electrons. The van der Waals surface area contributed by atoms with Crippen molar-refractivity contribution in [3.8, 4) is 5.75 Å². The van der Waals surface area contributed by atoms with E-state index in [4.69, 9.17) is 20.2 Å². The fraction of sp³-hybridized carbons (Fsp3) is 0.647. The zero-order valence-electron chi connectivity index (χ0n) is 15.0. The van der Waals surface area contributed by atoms with E-state index in [0.717, 1.165) is 70.9 Å². The minimum atomic E-state index is 0.00694. The molecule has 0 spiro atoms. The summed E-state index contributed by atoms with van der Waals surface area (Å²) < 4.78 is 0. The van der Waals surface area contributed by atoms with Crippen LogP contribution < -0.4 is 26.6 Å². The Balaban J connectivity index is 0.00000105. The van der Waals surface area contributed by atoms with Gasteiger partial charge in [-0.2, -0.15) is 0 Å². The van der Waals surface area contributed by atoms with Crippen molar-refractivity contribution in [2.24, 2.45) is 0 Å². The summed E-state index contributed by atoms with van der Waals surface area (Å²) in [4.78, 5) is 0. The van der Waals surface area contributed by atoms with Gasteiger partial charge in [0.1, 0.15) is 5.75 Å². The van der Waals surface area contributed by atoms with Gasteiger partial charge in [0.05, 0.1) is 0 Å². The molecule has 0 saturated carbocycles. The number of rotatable bonds is 2. The Morgan fingerprint density at radius 2 is 1.35 bits per heavy atom. The predicted octanol–water partition coefficient (Wildman–Crippen LogP) is 0.641. The Hall–Kier alpha value is -0.0805. The molecule has 26 heavy (non-hydrogen) atoms. The van der Waals surface area contributed by atoms with Gasteiger partial charge in [0, 0.05) is 64.9 Å². The number of para-hydroxylation sites is 1. The maximum atomic E-state index is 9.97. The number of nitrogens with one attached hydrogen (secondary N) is 5. The standard InChI is InChI=1S/C17H31N5O.2ClH.Mn/c23-17-4-2-1-3-15(17)13-16-14-21-10-9-19-6-5-18-7-8-20-11-12-22-16;;;/h1-4,16,18-23H,5-14H2;2*1H;/q;;;+2/p-2. The van der Waals surface area contributed by atoms with E-state index in [1.807, 2.05) is 18.2 Å². The normalized spacial score (nSPS) is 20.9. The first-order chi connectivity index (χ1) is 12.8. The molecule has 1 fully saturated rings. The van der Waals surface area contributed by atoms with Crippen molar-refractivity contribution < 1.29 is 18.2 Å². The van der Waals surface area contributed by atoms with Gasteiger partial charge in [-0.05, 0) is 18.1 Å². The van der Waals surface area contributed by atoms with Gasteiger partial charge in [-0.1, -0.05) is 18.2 Å². The molecule has 1 saturated heterocycles. The van der Waals surface area contributed by atoms with Crippen molar-refractivity contribution in [1.82, 2.24) is 26.6 Å². The van der Waals surface area contributed by atoms with Crippen LogP contribution in [0.3, 0.4) is 0 Å². The van der Waals surface area contributed by atoms with E-state index in [1.165, 1.54) is 0 Å². The average molecular weight is 447 g/mol. The second-order valence-corrected chi connectivity index (χ2v) is 7.94. The fourth-order valence-corrected chi connectivity index (χ4v) is 2.71. The third kappa shape index (κ3) is 12.3. The first kappa shape index (κ1) is 24.0. The van der Waals surface area contributed by atoms with Crippen molar-refractivity contribution in [3.63, 3.8) is 0 Å². The van der Waals surface area contributed by atoms with Gasteiger partial charge < -0.3 is 31.7 Å². The zero-order chi connectivity index (χ0) is 18.9. The molecule has 1 atom stereocenters. The number of phenols is 1. The van der Waals surface area contributed by atoms with Crippen LogP contribution >= 0.6 is 20.2 Å². The van der Waals surface area contributed by atoms with Gasteiger partial charge in [-0.3, -0.25) is 0 Å². The Kier molecular flexibility index (Phi) is 15.7. The second-order valence-electron chi connectivity index (χ2n) is 5.99. The van der Waals surface area contributed by atoms with Crippen molar-refractivity contribution in [3.05, 3.63) is 29.8 Å². The molecule has 1 aromatic carbocycles. The molecule has 9 heteroatoms. The van der Waals surface area contributed by atoms with Gasteiger partial charge in [0.25, 0.3) is 0 Å². The molecule has 1 aliphatic heterocycles. The quantitative estimate of drug-likeness (QED) is 0.374. The summed E-state index contributed by atoms with van der Waals surface area (Å²) in [5.74, 6) is 0.385. The molecular weight excluding hydrogens is 416 g/mol. The van der Waals surface area contributed by atoms with E-state index in [0.29, 0.717) is 11.8 Å². The predicted molar refractivity (Wildman–Crippen MR) is 107 cm³/mol. The first-order valence-electron chi connectivity index (χ1n) is 8.98. The molecule has 1 heterocycles. The zero-order valence-corrected chi connectivity index (χ0v) is 17.7. The fourth-order valence-electron chi connectivity index (χ4n) is 2.71. The third-order valence-corrected chi connectivity index (χ3v) is 4.02. The Bertz CT molecular complexity index is 443. The molecule has 0 amide bonds. The SMILES string of the molecule is Oc1ccccc1CC1CNCCNCCNCCNCCN1.[Cl][Mn][Cl]. The van der Waals surface area contributed by atoms with Crippen LogP contribution in [0.4, 0.5) is 0 Å². The molecule has 0 bridgehead atoms. The van der Waals surface area contributed by atoms with E-state index < -0.39 is 0 Å². The van der Waals surface area contributed by atoms with Gasteiger partial charge >= 0.3 is 33.3 Å². The molecule has 2 rings (SSSR count). The second kappa shape index (κ2) is 17.0. The van der Waals surface area contributed by atoms with E-state index in [1.54, 1.807) is 6.07 Å². The maximum absolute atomic E-state index is 9.97. The minimum absolute atomic E-state index is 0.00694.